The van der Waals surface area contributed by atoms with Gasteiger partial charge in [-0.25, -0.2) is 6.58 Å². The zero-order valence-electron chi connectivity index (χ0n) is 7.80. The third kappa shape index (κ3) is 327. The summed E-state index contributed by atoms with van der Waals surface area (Å²) in [5.74, 6) is 0. The van der Waals surface area contributed by atoms with Crippen molar-refractivity contribution >= 4 is 52.7 Å². The third-order valence-corrected chi connectivity index (χ3v) is 0.174. The van der Waals surface area contributed by atoms with Crippen LogP contribution in [0.1, 0.15) is 6.92 Å². The molecular formula is C4H5Al3O7Zr. The summed E-state index contributed by atoms with van der Waals surface area (Å²) in [6.07, 6.45) is 1.58. The predicted octanol–water partition coefficient (Wildman–Crippen LogP) is -4.40. The van der Waals surface area contributed by atoms with Crippen molar-refractivity contribution in [3.63, 3.8) is 0 Å². The minimum absolute atomic E-state index is 0. The first-order valence-electron chi connectivity index (χ1n) is 2.72. The van der Waals surface area contributed by atoms with Gasteiger partial charge in [-0.1, -0.05) is 6.92 Å². The van der Waals surface area contributed by atoms with Gasteiger partial charge in [-0.15, -0.1) is 0 Å². The molecule has 0 aromatic rings. The van der Waals surface area contributed by atoms with E-state index in [4.69, 9.17) is 23.9 Å². The smallest absolute Gasteiger partial charge is 4.00 e. The number of allylic oxidation sites excluding steroid dienone is 1. The number of hydrogen-bond donors (Lipinski definition) is 0. The minimum Gasteiger partial charge on any atom is 4.00 e. The zero-order chi connectivity index (χ0) is 12.4. The van der Waals surface area contributed by atoms with E-state index in [-0.39, 0.29) is 26.2 Å². The molecule has 0 aliphatic heterocycles. The molecule has 7 nitrogen and oxygen atoms in total. The second kappa shape index (κ2) is 46.6. The summed E-state index contributed by atoms with van der Waals surface area (Å²) in [6.45, 7) is 4.85. The van der Waals surface area contributed by atoms with Gasteiger partial charge in [-0.2, -0.15) is 5.57 Å². The first-order valence-corrected chi connectivity index (χ1v) is 5.55. The molecule has 0 radical (unpaired) electrons. The van der Waals surface area contributed by atoms with Crippen LogP contribution in [0.5, 0.6) is 0 Å². The van der Waals surface area contributed by atoms with Gasteiger partial charge in [-0.05, 0) is 6.29 Å². The average Bonchev–Trinajstić information content (AvgIpc) is 2.08. The Morgan fingerprint density at radius 2 is 1.13 bits per heavy atom. The molecule has 0 amide bonds. The van der Waals surface area contributed by atoms with Crippen LogP contribution in [0.2, 0.25) is 0 Å². The Hall–Kier alpha value is 0.691. The summed E-state index contributed by atoms with van der Waals surface area (Å²) in [4.78, 5) is 9.28. The molecule has 0 spiro atoms. The van der Waals surface area contributed by atoms with Crippen LogP contribution in [0.4, 0.5) is 0 Å². The fourth-order valence-electron chi connectivity index (χ4n) is 0. The molecule has 0 aromatic carbocycles. The maximum Gasteiger partial charge on any atom is 4.00 e. The van der Waals surface area contributed by atoms with Gasteiger partial charge in [0, 0.05) is 0 Å². The monoisotopic (exact) mass is 336 g/mol. The van der Waals surface area contributed by atoms with E-state index in [2.05, 4.69) is 6.58 Å². The summed E-state index contributed by atoms with van der Waals surface area (Å²) >= 11 is -5.25. The van der Waals surface area contributed by atoms with E-state index in [0.717, 1.165) is 0 Å². The molecule has 0 aliphatic rings. The Balaban J connectivity index is -0.0000000300. The molecule has 11 heteroatoms. The number of rotatable bonds is 1. The van der Waals surface area contributed by atoms with Crippen molar-refractivity contribution in [2.45, 2.75) is 6.92 Å². The molecule has 0 fully saturated rings. The van der Waals surface area contributed by atoms with E-state index in [1.807, 2.05) is 0 Å². The normalized spacial score (nSPS) is 3.80. The molecule has 76 valence electrons. The Morgan fingerprint density at radius 3 is 1.13 bits per heavy atom. The van der Waals surface area contributed by atoms with Crippen LogP contribution in [0, 0.1) is 0 Å². The van der Waals surface area contributed by atoms with Crippen molar-refractivity contribution < 1.29 is 54.9 Å². The van der Waals surface area contributed by atoms with Crippen molar-refractivity contribution in [2.24, 2.45) is 0 Å². The van der Waals surface area contributed by atoms with Gasteiger partial charge >= 0.3 is 96.6 Å². The van der Waals surface area contributed by atoms with E-state index in [1.165, 1.54) is 0 Å². The fraction of sp³-hybridized carbons (Fsp3) is 0.250. The molecule has 0 rings (SSSR count). The first-order chi connectivity index (χ1) is 6.51. The molecule has 0 aliphatic carbocycles. The Kier molecular flexibility index (Phi) is 92.0. The van der Waals surface area contributed by atoms with Crippen LogP contribution in [-0.4, -0.2) is 52.7 Å². The molecule has 0 heterocycles. The van der Waals surface area contributed by atoms with Crippen molar-refractivity contribution in [1.29, 1.82) is 0 Å². The molecule has 0 saturated heterocycles. The van der Waals surface area contributed by atoms with Gasteiger partial charge in [-0.3, -0.25) is 0 Å². The van der Waals surface area contributed by atoms with Gasteiger partial charge in [0.1, 0.15) is 0 Å². The van der Waals surface area contributed by atoms with Crippen LogP contribution in [0.25, 0.3) is 0 Å². The van der Waals surface area contributed by atoms with Crippen LogP contribution in [-0.2, 0) is 42.4 Å². The van der Waals surface area contributed by atoms with E-state index >= 15 is 0 Å². The van der Waals surface area contributed by atoms with E-state index in [0.29, 0.717) is 5.57 Å². The average molecular weight is 337 g/mol. The predicted molar refractivity (Wildman–Crippen MR) is 39.8 cm³/mol. The van der Waals surface area contributed by atoms with E-state index in [1.54, 1.807) is 13.2 Å². The second-order valence-corrected chi connectivity index (χ2v) is 1.75. The van der Waals surface area contributed by atoms with Gasteiger partial charge < -0.3 is 4.79 Å². The molecule has 0 bridgehead atoms. The Bertz CT molecular complexity index is 150. The van der Waals surface area contributed by atoms with Crippen LogP contribution in [0.15, 0.2) is 12.2 Å². The van der Waals surface area contributed by atoms with Gasteiger partial charge in [0.15, 0.2) is 0 Å². The van der Waals surface area contributed by atoms with Crippen molar-refractivity contribution in [3.05, 3.63) is 12.2 Å². The Morgan fingerprint density at radius 1 is 1.07 bits per heavy atom. The summed E-state index contributed by atoms with van der Waals surface area (Å²) in [6, 6.07) is 0. The van der Waals surface area contributed by atoms with Crippen LogP contribution < -0.4 is 12.5 Å². The summed E-state index contributed by atoms with van der Waals surface area (Å²) < 4.78 is 50.8. The largest absolute Gasteiger partial charge is 4.00 e. The van der Waals surface area contributed by atoms with Crippen molar-refractivity contribution in [3.8, 4) is 0 Å². The van der Waals surface area contributed by atoms with Crippen LogP contribution in [0.3, 0.4) is 0 Å². The topological polar surface area (TPSA) is 137 Å². The third-order valence-electron chi connectivity index (χ3n) is 0.174. The molecule has 0 aromatic heterocycles. The molecule has 0 N–H and O–H groups in total. The van der Waals surface area contributed by atoms with Crippen LogP contribution >= 0.6 is 0 Å². The SMILES string of the molecule is C=C(C)[C-]=O.[O]=[Al][O-].[O]=[Al][O-].[O]=[Al][O-].[Zr+4]. The molecule has 0 unspecified atom stereocenters. The quantitative estimate of drug-likeness (QED) is 0.267. The first kappa shape index (κ1) is 29.6. The molecule has 15 heavy (non-hydrogen) atoms. The molecule has 0 atom stereocenters. The maximum atomic E-state index is 9.28. The van der Waals surface area contributed by atoms with Gasteiger partial charge in [0.25, 0.3) is 0 Å². The van der Waals surface area contributed by atoms with Crippen molar-refractivity contribution in [1.82, 2.24) is 0 Å². The fourth-order valence-corrected chi connectivity index (χ4v) is 0. The minimum atomic E-state index is -1.75. The molecular weight excluding hydrogens is 332 g/mol. The van der Waals surface area contributed by atoms with Gasteiger partial charge in [0.05, 0.1) is 0 Å². The number of hydrogen-bond acceptors (Lipinski definition) is 7. The number of carbonyl (C=O) groups excluding carboxylic acids is 1. The second-order valence-electron chi connectivity index (χ2n) is 1.17. The van der Waals surface area contributed by atoms with Crippen molar-refractivity contribution in [2.75, 3.05) is 0 Å². The van der Waals surface area contributed by atoms with Gasteiger partial charge in [0.2, 0.25) is 0 Å². The van der Waals surface area contributed by atoms with E-state index in [9.17, 15) is 4.79 Å². The van der Waals surface area contributed by atoms with E-state index < -0.39 is 46.5 Å². The Labute approximate surface area is 125 Å². The zero-order valence-corrected chi connectivity index (χ0v) is 13.7. The molecule has 0 saturated carbocycles. The summed E-state index contributed by atoms with van der Waals surface area (Å²) in [7, 11) is 0. The standard InChI is InChI=1S/C4H5O.3Al.6O.Zr/c1-4(2)3-5;;;;;;;;;;/h1H2,2H3;;;;;;;;;;/q-1;;;;;;;3*-1;+4. The maximum absolute atomic E-state index is 9.28. The summed E-state index contributed by atoms with van der Waals surface area (Å²) in [5.41, 5.74) is 0.449. The summed E-state index contributed by atoms with van der Waals surface area (Å²) in [5, 5.41) is 0.